The Morgan fingerprint density at radius 1 is 1.32 bits per heavy atom. The topological polar surface area (TPSA) is 78.4 Å². The molecule has 1 aromatic rings. The number of carbonyl (C=O) groups is 2. The highest BCUT2D eigenvalue weighted by Crippen LogP contribution is 2.09. The lowest BCUT2D eigenvalue weighted by molar-refractivity contribution is -0.136. The zero-order chi connectivity index (χ0) is 14.4. The monoisotopic (exact) mass is 268 g/mol. The molecule has 0 fully saturated rings. The molecule has 0 aliphatic carbocycles. The van der Waals surface area contributed by atoms with Crippen molar-refractivity contribution in [2.24, 2.45) is 5.92 Å². The third-order valence-electron chi connectivity index (χ3n) is 2.79. The zero-order valence-corrected chi connectivity index (χ0v) is 10.8. The van der Waals surface area contributed by atoms with Crippen molar-refractivity contribution in [3.8, 4) is 0 Å². The van der Waals surface area contributed by atoms with E-state index >= 15 is 0 Å². The number of halogens is 1. The van der Waals surface area contributed by atoms with Gasteiger partial charge in [0.05, 0.1) is 0 Å². The predicted molar refractivity (Wildman–Crippen MR) is 68.9 cm³/mol. The van der Waals surface area contributed by atoms with Gasteiger partial charge < -0.3 is 15.7 Å². The summed E-state index contributed by atoms with van der Waals surface area (Å²) in [5.41, 5.74) is 0.211. The molecule has 0 heterocycles. The third-order valence-corrected chi connectivity index (χ3v) is 2.79. The molecule has 2 unspecified atom stereocenters. The van der Waals surface area contributed by atoms with E-state index in [2.05, 4.69) is 10.6 Å². The van der Waals surface area contributed by atoms with Crippen molar-refractivity contribution in [2.75, 3.05) is 11.9 Å². The van der Waals surface area contributed by atoms with Crippen molar-refractivity contribution in [3.63, 3.8) is 0 Å². The van der Waals surface area contributed by atoms with Crippen molar-refractivity contribution in [3.05, 3.63) is 30.1 Å². The van der Waals surface area contributed by atoms with Gasteiger partial charge in [-0.15, -0.1) is 0 Å². The minimum Gasteiger partial charge on any atom is -0.396 e. The molecule has 0 saturated heterocycles. The molecule has 5 nitrogen and oxygen atoms in total. The van der Waals surface area contributed by atoms with Crippen LogP contribution in [0.5, 0.6) is 0 Å². The highest BCUT2D eigenvalue weighted by molar-refractivity contribution is 6.39. The van der Waals surface area contributed by atoms with Gasteiger partial charge in [-0.1, -0.05) is 13.0 Å². The summed E-state index contributed by atoms with van der Waals surface area (Å²) >= 11 is 0. The van der Waals surface area contributed by atoms with Gasteiger partial charge in [0.1, 0.15) is 5.82 Å². The predicted octanol–water partition coefficient (Wildman–Crippen LogP) is 0.897. The molecule has 0 aliphatic rings. The highest BCUT2D eigenvalue weighted by atomic mass is 19.1. The van der Waals surface area contributed by atoms with E-state index in [0.717, 1.165) is 6.07 Å². The summed E-state index contributed by atoms with van der Waals surface area (Å²) in [6, 6.07) is 4.93. The van der Waals surface area contributed by atoms with Gasteiger partial charge in [0.2, 0.25) is 0 Å². The van der Waals surface area contributed by atoms with Gasteiger partial charge in [0.25, 0.3) is 0 Å². The minimum atomic E-state index is -0.873. The van der Waals surface area contributed by atoms with Crippen molar-refractivity contribution in [1.29, 1.82) is 0 Å². The molecule has 1 rings (SSSR count). The smallest absolute Gasteiger partial charge is 0.313 e. The summed E-state index contributed by atoms with van der Waals surface area (Å²) in [5, 5.41) is 13.7. The quantitative estimate of drug-likeness (QED) is 0.710. The van der Waals surface area contributed by atoms with Crippen LogP contribution in [-0.2, 0) is 9.59 Å². The number of rotatable bonds is 4. The van der Waals surface area contributed by atoms with Gasteiger partial charge in [-0.05, 0) is 31.0 Å². The number of hydrogen-bond acceptors (Lipinski definition) is 3. The number of nitrogens with one attached hydrogen (secondary N) is 2. The lowest BCUT2D eigenvalue weighted by Gasteiger charge is -2.18. The van der Waals surface area contributed by atoms with Crippen molar-refractivity contribution < 1.29 is 19.1 Å². The fourth-order valence-electron chi connectivity index (χ4n) is 1.33. The first-order chi connectivity index (χ1) is 8.93. The molecule has 0 radical (unpaired) electrons. The zero-order valence-electron chi connectivity index (χ0n) is 10.8. The number of aliphatic hydroxyl groups is 1. The van der Waals surface area contributed by atoms with Gasteiger partial charge in [-0.2, -0.15) is 0 Å². The van der Waals surface area contributed by atoms with Crippen molar-refractivity contribution >= 4 is 17.5 Å². The SMILES string of the molecule is CC(CO)C(C)NC(=O)C(=O)Nc1cccc(F)c1. The Hall–Kier alpha value is -1.95. The Morgan fingerprint density at radius 2 is 2.00 bits per heavy atom. The number of aliphatic hydroxyl groups excluding tert-OH is 1. The number of amides is 2. The van der Waals surface area contributed by atoms with Crippen LogP contribution in [0.25, 0.3) is 0 Å². The van der Waals surface area contributed by atoms with Crippen LogP contribution >= 0.6 is 0 Å². The Bertz CT molecular complexity index is 465. The fourth-order valence-corrected chi connectivity index (χ4v) is 1.33. The van der Waals surface area contributed by atoms with Crippen LogP contribution in [-0.4, -0.2) is 29.6 Å². The molecule has 6 heteroatoms. The maximum absolute atomic E-state index is 12.9. The second-order valence-electron chi connectivity index (χ2n) is 4.39. The third kappa shape index (κ3) is 4.67. The summed E-state index contributed by atoms with van der Waals surface area (Å²) in [6.45, 7) is 3.34. The fraction of sp³-hybridized carbons (Fsp3) is 0.385. The average Bonchev–Trinajstić information content (AvgIpc) is 2.37. The second kappa shape index (κ2) is 6.84. The molecule has 0 spiro atoms. The molecule has 3 N–H and O–H groups in total. The van der Waals surface area contributed by atoms with E-state index in [9.17, 15) is 14.0 Å². The molecule has 2 amide bonds. The Kier molecular flexibility index (Phi) is 5.44. The second-order valence-corrected chi connectivity index (χ2v) is 4.39. The molecule has 0 bridgehead atoms. The summed E-state index contributed by atoms with van der Waals surface area (Å²) in [6.07, 6.45) is 0. The van der Waals surface area contributed by atoms with Gasteiger partial charge >= 0.3 is 11.8 Å². The van der Waals surface area contributed by atoms with Crippen molar-refractivity contribution in [2.45, 2.75) is 19.9 Å². The summed E-state index contributed by atoms with van der Waals surface area (Å²) in [7, 11) is 0. The number of benzene rings is 1. The van der Waals surface area contributed by atoms with Gasteiger partial charge in [-0.3, -0.25) is 9.59 Å². The molecule has 2 atom stereocenters. The number of anilines is 1. The van der Waals surface area contributed by atoms with Crippen LogP contribution in [0.15, 0.2) is 24.3 Å². The summed E-state index contributed by atoms with van der Waals surface area (Å²) in [4.78, 5) is 23.1. The first kappa shape index (κ1) is 15.1. The minimum absolute atomic E-state index is 0.0903. The molecule has 0 saturated carbocycles. The first-order valence-electron chi connectivity index (χ1n) is 5.92. The van der Waals surface area contributed by atoms with E-state index in [4.69, 9.17) is 5.11 Å². The van der Waals surface area contributed by atoms with E-state index in [1.165, 1.54) is 18.2 Å². The highest BCUT2D eigenvalue weighted by Gasteiger charge is 2.19. The largest absolute Gasteiger partial charge is 0.396 e. The van der Waals surface area contributed by atoms with Crippen LogP contribution in [0.3, 0.4) is 0 Å². The van der Waals surface area contributed by atoms with E-state index in [-0.39, 0.29) is 24.3 Å². The Labute approximate surface area is 110 Å². The van der Waals surface area contributed by atoms with Gasteiger partial charge in [0.15, 0.2) is 0 Å². The van der Waals surface area contributed by atoms with E-state index in [0.29, 0.717) is 0 Å². The lowest BCUT2D eigenvalue weighted by atomic mass is 10.1. The Morgan fingerprint density at radius 3 is 2.58 bits per heavy atom. The average molecular weight is 268 g/mol. The normalized spacial score (nSPS) is 13.5. The summed E-state index contributed by atoms with van der Waals surface area (Å²) in [5.74, 6) is -2.36. The van der Waals surface area contributed by atoms with E-state index in [1.54, 1.807) is 13.8 Å². The lowest BCUT2D eigenvalue weighted by Crippen LogP contribution is -2.43. The molecule has 0 aromatic heterocycles. The molecular weight excluding hydrogens is 251 g/mol. The van der Waals surface area contributed by atoms with E-state index in [1.807, 2.05) is 0 Å². The summed E-state index contributed by atoms with van der Waals surface area (Å²) < 4.78 is 12.9. The van der Waals surface area contributed by atoms with Crippen LogP contribution in [0, 0.1) is 11.7 Å². The Balaban J connectivity index is 2.56. The molecule has 104 valence electrons. The van der Waals surface area contributed by atoms with Crippen LogP contribution < -0.4 is 10.6 Å². The van der Waals surface area contributed by atoms with Crippen molar-refractivity contribution in [1.82, 2.24) is 5.32 Å². The van der Waals surface area contributed by atoms with Crippen LogP contribution in [0.2, 0.25) is 0 Å². The number of carbonyl (C=O) groups excluding carboxylic acids is 2. The van der Waals surface area contributed by atoms with Gasteiger partial charge in [-0.25, -0.2) is 4.39 Å². The van der Waals surface area contributed by atoms with E-state index < -0.39 is 17.6 Å². The molecular formula is C13H17FN2O3. The molecule has 1 aromatic carbocycles. The molecule has 0 aliphatic heterocycles. The maximum Gasteiger partial charge on any atom is 0.313 e. The van der Waals surface area contributed by atoms with Crippen LogP contribution in [0.4, 0.5) is 10.1 Å². The van der Waals surface area contributed by atoms with Gasteiger partial charge in [0, 0.05) is 18.3 Å². The number of hydrogen-bond donors (Lipinski definition) is 3. The standard InChI is InChI=1S/C13H17FN2O3/c1-8(7-17)9(2)15-12(18)13(19)16-11-5-3-4-10(14)6-11/h3-6,8-9,17H,7H2,1-2H3,(H,15,18)(H,16,19). The maximum atomic E-state index is 12.9. The van der Waals surface area contributed by atoms with Crippen LogP contribution in [0.1, 0.15) is 13.8 Å². The first-order valence-corrected chi connectivity index (χ1v) is 5.92. The molecule has 19 heavy (non-hydrogen) atoms.